The minimum Gasteiger partial charge on any atom is -0.277 e. The molecule has 0 spiro atoms. The zero-order chi connectivity index (χ0) is 19.3. The molecule has 138 valence electrons. The van der Waals surface area contributed by atoms with Crippen molar-refractivity contribution in [3.8, 4) is 11.3 Å². The number of halogens is 1. The van der Waals surface area contributed by atoms with Gasteiger partial charge in [0.25, 0.3) is 0 Å². The number of nitrogens with zero attached hydrogens (tertiary/aromatic N) is 2. The molecular formula is C22H17BrN4O. The highest BCUT2D eigenvalue weighted by Crippen LogP contribution is 2.23. The van der Waals surface area contributed by atoms with E-state index in [1.807, 2.05) is 66.7 Å². The van der Waals surface area contributed by atoms with Crippen molar-refractivity contribution >= 4 is 38.8 Å². The van der Waals surface area contributed by atoms with Crippen molar-refractivity contribution in [2.75, 3.05) is 0 Å². The maximum atomic E-state index is 12.3. The van der Waals surface area contributed by atoms with Gasteiger partial charge < -0.3 is 0 Å². The highest BCUT2D eigenvalue weighted by molar-refractivity contribution is 9.10. The van der Waals surface area contributed by atoms with E-state index in [0.29, 0.717) is 0 Å². The Labute approximate surface area is 170 Å². The summed E-state index contributed by atoms with van der Waals surface area (Å²) in [6.07, 6.45) is 3.54. The van der Waals surface area contributed by atoms with E-state index in [2.05, 4.69) is 36.7 Å². The Balaban J connectivity index is 1.46. The third kappa shape index (κ3) is 4.02. The van der Waals surface area contributed by atoms with Crippen LogP contribution in [0, 0.1) is 0 Å². The van der Waals surface area contributed by atoms with Gasteiger partial charge in [0.1, 0.15) is 0 Å². The van der Waals surface area contributed by atoms with Crippen LogP contribution in [0.3, 0.4) is 0 Å². The summed E-state index contributed by atoms with van der Waals surface area (Å²) in [5, 5.41) is 13.4. The number of nitrogens with one attached hydrogen (secondary N) is 2. The number of benzene rings is 3. The first kappa shape index (κ1) is 18.1. The minimum absolute atomic E-state index is 0.167. The first-order valence-corrected chi connectivity index (χ1v) is 9.58. The number of hydrogen-bond acceptors (Lipinski definition) is 3. The van der Waals surface area contributed by atoms with Crippen LogP contribution < -0.4 is 5.43 Å². The van der Waals surface area contributed by atoms with Crippen LogP contribution in [-0.2, 0) is 11.2 Å². The lowest BCUT2D eigenvalue weighted by Gasteiger charge is -2.05. The summed E-state index contributed by atoms with van der Waals surface area (Å²) in [5.74, 6) is -0.167. The van der Waals surface area contributed by atoms with Gasteiger partial charge in [-0.3, -0.25) is 9.89 Å². The largest absolute Gasteiger partial charge is 0.277 e. The molecule has 1 amide bonds. The fraction of sp³-hybridized carbons (Fsp3) is 0.0455. The summed E-state index contributed by atoms with van der Waals surface area (Å²) in [4.78, 5) is 12.3. The normalized spacial score (nSPS) is 11.2. The van der Waals surface area contributed by atoms with Crippen molar-refractivity contribution in [1.82, 2.24) is 15.6 Å². The SMILES string of the molecule is O=C(Cc1cccc2ccccc12)NN=Cc1cn[nH]c1-c1cccc(Br)c1. The second-order valence-electron chi connectivity index (χ2n) is 6.32. The number of hydrogen-bond donors (Lipinski definition) is 2. The lowest BCUT2D eigenvalue weighted by molar-refractivity contribution is -0.120. The Kier molecular flexibility index (Phi) is 5.30. The van der Waals surface area contributed by atoms with Gasteiger partial charge in [0.05, 0.1) is 24.5 Å². The van der Waals surface area contributed by atoms with E-state index in [9.17, 15) is 4.79 Å². The number of aromatic amines is 1. The molecule has 0 saturated heterocycles. The Morgan fingerprint density at radius 1 is 1.11 bits per heavy atom. The zero-order valence-electron chi connectivity index (χ0n) is 14.9. The summed E-state index contributed by atoms with van der Waals surface area (Å²) in [5.41, 5.74) is 6.20. The second-order valence-corrected chi connectivity index (χ2v) is 7.23. The average Bonchev–Trinajstić information content (AvgIpc) is 3.17. The monoisotopic (exact) mass is 432 g/mol. The predicted octanol–water partition coefficient (Wildman–Crippen LogP) is 4.69. The first-order valence-electron chi connectivity index (χ1n) is 8.78. The predicted molar refractivity (Wildman–Crippen MR) is 115 cm³/mol. The van der Waals surface area contributed by atoms with Gasteiger partial charge in [0.2, 0.25) is 5.91 Å². The highest BCUT2D eigenvalue weighted by atomic mass is 79.9. The minimum atomic E-state index is -0.167. The van der Waals surface area contributed by atoms with Crippen molar-refractivity contribution in [3.63, 3.8) is 0 Å². The van der Waals surface area contributed by atoms with E-state index < -0.39 is 0 Å². The van der Waals surface area contributed by atoms with Crippen molar-refractivity contribution in [2.24, 2.45) is 5.10 Å². The van der Waals surface area contributed by atoms with Crippen LogP contribution in [-0.4, -0.2) is 22.3 Å². The standard InChI is InChI=1S/C22H17BrN4O/c23-19-9-4-8-17(11-19)22-18(14-25-27-22)13-24-26-21(28)12-16-7-3-6-15-5-1-2-10-20(15)16/h1-11,13-14H,12H2,(H,25,27)(H,26,28). The molecule has 1 heterocycles. The molecule has 1 aromatic heterocycles. The topological polar surface area (TPSA) is 70.1 Å². The van der Waals surface area contributed by atoms with Crippen LogP contribution in [0.4, 0.5) is 0 Å². The van der Waals surface area contributed by atoms with Gasteiger partial charge in [0.15, 0.2) is 0 Å². The van der Waals surface area contributed by atoms with Crippen LogP contribution in [0.15, 0.2) is 82.5 Å². The number of amides is 1. The summed E-state index contributed by atoms with van der Waals surface area (Å²) < 4.78 is 0.978. The molecule has 5 nitrogen and oxygen atoms in total. The van der Waals surface area contributed by atoms with Gasteiger partial charge in [-0.05, 0) is 28.5 Å². The Morgan fingerprint density at radius 3 is 2.82 bits per heavy atom. The van der Waals surface area contributed by atoms with Crippen LogP contribution in [0.25, 0.3) is 22.0 Å². The van der Waals surface area contributed by atoms with E-state index >= 15 is 0 Å². The maximum absolute atomic E-state index is 12.3. The summed E-state index contributed by atoms with van der Waals surface area (Å²) in [7, 11) is 0. The quantitative estimate of drug-likeness (QED) is 0.354. The highest BCUT2D eigenvalue weighted by Gasteiger charge is 2.08. The smallest absolute Gasteiger partial charge is 0.244 e. The molecule has 0 aliphatic carbocycles. The molecule has 0 atom stereocenters. The Morgan fingerprint density at radius 2 is 1.93 bits per heavy atom. The van der Waals surface area contributed by atoms with Gasteiger partial charge in [-0.1, -0.05) is 70.5 Å². The Bertz CT molecular complexity index is 1160. The zero-order valence-corrected chi connectivity index (χ0v) is 16.5. The van der Waals surface area contributed by atoms with Crippen LogP contribution in [0.1, 0.15) is 11.1 Å². The molecular weight excluding hydrogens is 416 g/mol. The Hall–Kier alpha value is -3.25. The first-order chi connectivity index (χ1) is 13.7. The molecule has 0 fully saturated rings. The third-order valence-corrected chi connectivity index (χ3v) is 4.90. The molecule has 0 saturated carbocycles. The molecule has 0 bridgehead atoms. The number of fused-ring (bicyclic) bond motifs is 1. The van der Waals surface area contributed by atoms with Crippen molar-refractivity contribution in [2.45, 2.75) is 6.42 Å². The summed E-state index contributed by atoms with van der Waals surface area (Å²) in [6, 6.07) is 21.9. The summed E-state index contributed by atoms with van der Waals surface area (Å²) in [6.45, 7) is 0. The molecule has 0 aliphatic rings. The molecule has 6 heteroatoms. The van der Waals surface area contributed by atoms with Gasteiger partial charge in [-0.15, -0.1) is 0 Å². The fourth-order valence-electron chi connectivity index (χ4n) is 3.10. The number of rotatable bonds is 5. The molecule has 3 aromatic carbocycles. The number of hydrazone groups is 1. The van der Waals surface area contributed by atoms with Crippen LogP contribution in [0.5, 0.6) is 0 Å². The van der Waals surface area contributed by atoms with Crippen molar-refractivity contribution < 1.29 is 4.79 Å². The number of H-pyrrole nitrogens is 1. The van der Waals surface area contributed by atoms with Crippen molar-refractivity contribution in [1.29, 1.82) is 0 Å². The van der Waals surface area contributed by atoms with Gasteiger partial charge in [0, 0.05) is 15.6 Å². The molecule has 2 N–H and O–H groups in total. The van der Waals surface area contributed by atoms with Crippen LogP contribution >= 0.6 is 15.9 Å². The molecule has 4 aromatic rings. The lowest BCUT2D eigenvalue weighted by atomic mass is 10.0. The summed E-state index contributed by atoms with van der Waals surface area (Å²) >= 11 is 3.47. The molecule has 0 aliphatic heterocycles. The third-order valence-electron chi connectivity index (χ3n) is 4.41. The van der Waals surface area contributed by atoms with E-state index in [0.717, 1.165) is 37.6 Å². The molecule has 28 heavy (non-hydrogen) atoms. The fourth-order valence-corrected chi connectivity index (χ4v) is 3.50. The second kappa shape index (κ2) is 8.19. The number of aromatic nitrogens is 2. The van der Waals surface area contributed by atoms with E-state index in [1.54, 1.807) is 12.4 Å². The van der Waals surface area contributed by atoms with Gasteiger partial charge in [-0.2, -0.15) is 10.2 Å². The van der Waals surface area contributed by atoms with E-state index in [1.165, 1.54) is 0 Å². The van der Waals surface area contributed by atoms with Gasteiger partial charge in [-0.25, -0.2) is 5.43 Å². The van der Waals surface area contributed by atoms with E-state index in [4.69, 9.17) is 0 Å². The van der Waals surface area contributed by atoms with Gasteiger partial charge >= 0.3 is 0 Å². The molecule has 4 rings (SSSR count). The van der Waals surface area contributed by atoms with Crippen molar-refractivity contribution in [3.05, 3.63) is 88.5 Å². The molecule has 0 unspecified atom stereocenters. The number of carbonyl (C=O) groups is 1. The maximum Gasteiger partial charge on any atom is 0.244 e. The van der Waals surface area contributed by atoms with Crippen LogP contribution in [0.2, 0.25) is 0 Å². The average molecular weight is 433 g/mol. The lowest BCUT2D eigenvalue weighted by Crippen LogP contribution is -2.19. The molecule has 0 radical (unpaired) electrons. The van der Waals surface area contributed by atoms with E-state index in [-0.39, 0.29) is 12.3 Å². The number of carbonyl (C=O) groups excluding carboxylic acids is 1.